The first kappa shape index (κ1) is 9.49. The van der Waals surface area contributed by atoms with Crippen molar-refractivity contribution < 1.29 is 0 Å². The third kappa shape index (κ3) is 1.96. The standard InChI is InChI=1S/C10H12BrN/c1-3-10(12)8-5-4-7(2)6-9(8)11/h3-6,10H,1,12H2,2H3/t10-/m1/s1. The van der Waals surface area contributed by atoms with Crippen LogP contribution in [0.3, 0.4) is 0 Å². The number of halogens is 1. The maximum atomic E-state index is 5.80. The Bertz CT molecular complexity index is 294. The summed E-state index contributed by atoms with van der Waals surface area (Å²) in [5.41, 5.74) is 8.10. The molecule has 1 nitrogen and oxygen atoms in total. The van der Waals surface area contributed by atoms with Crippen LogP contribution in [-0.2, 0) is 0 Å². The summed E-state index contributed by atoms with van der Waals surface area (Å²) in [6, 6.07) is 6.04. The normalized spacial score (nSPS) is 12.6. The Morgan fingerprint density at radius 1 is 1.58 bits per heavy atom. The van der Waals surface area contributed by atoms with Crippen LogP contribution < -0.4 is 5.73 Å². The Kier molecular flexibility index (Phi) is 3.06. The molecule has 12 heavy (non-hydrogen) atoms. The molecule has 0 heterocycles. The fraction of sp³-hybridized carbons (Fsp3) is 0.200. The molecule has 1 aromatic rings. The number of benzene rings is 1. The van der Waals surface area contributed by atoms with Gasteiger partial charge in [-0.15, -0.1) is 6.58 Å². The number of aryl methyl sites for hydroxylation is 1. The van der Waals surface area contributed by atoms with E-state index in [1.165, 1.54) is 5.56 Å². The third-order valence-electron chi connectivity index (χ3n) is 1.77. The van der Waals surface area contributed by atoms with Gasteiger partial charge in [-0.05, 0) is 24.1 Å². The molecule has 0 radical (unpaired) electrons. The van der Waals surface area contributed by atoms with Crippen LogP contribution in [0.4, 0.5) is 0 Å². The fourth-order valence-corrected chi connectivity index (χ4v) is 1.79. The minimum absolute atomic E-state index is 0.0834. The first-order valence-corrected chi connectivity index (χ1v) is 4.58. The molecule has 1 atom stereocenters. The van der Waals surface area contributed by atoms with Crippen LogP contribution in [0, 0.1) is 6.92 Å². The van der Waals surface area contributed by atoms with Crippen molar-refractivity contribution in [2.75, 3.05) is 0 Å². The Balaban J connectivity index is 3.09. The summed E-state index contributed by atoms with van der Waals surface area (Å²) in [6.45, 7) is 5.70. The van der Waals surface area contributed by atoms with Gasteiger partial charge in [0.25, 0.3) is 0 Å². The summed E-state index contributed by atoms with van der Waals surface area (Å²) in [5.74, 6) is 0. The van der Waals surface area contributed by atoms with E-state index in [2.05, 4.69) is 28.6 Å². The van der Waals surface area contributed by atoms with E-state index in [0.717, 1.165) is 10.0 Å². The van der Waals surface area contributed by atoms with Crippen molar-refractivity contribution in [1.82, 2.24) is 0 Å². The van der Waals surface area contributed by atoms with E-state index in [0.29, 0.717) is 0 Å². The fourth-order valence-electron chi connectivity index (χ4n) is 1.03. The van der Waals surface area contributed by atoms with Crippen molar-refractivity contribution >= 4 is 15.9 Å². The van der Waals surface area contributed by atoms with Crippen LogP contribution in [-0.4, -0.2) is 0 Å². The van der Waals surface area contributed by atoms with E-state index in [-0.39, 0.29) is 6.04 Å². The molecule has 0 aliphatic heterocycles. The molecule has 0 spiro atoms. The predicted octanol–water partition coefficient (Wildman–Crippen LogP) is 2.94. The number of hydrogen-bond acceptors (Lipinski definition) is 1. The van der Waals surface area contributed by atoms with E-state index in [9.17, 15) is 0 Å². The monoisotopic (exact) mass is 225 g/mol. The Labute approximate surface area is 81.4 Å². The Morgan fingerprint density at radius 2 is 2.25 bits per heavy atom. The molecule has 0 amide bonds. The van der Waals surface area contributed by atoms with Gasteiger partial charge in [0, 0.05) is 10.5 Å². The lowest BCUT2D eigenvalue weighted by Crippen LogP contribution is -2.07. The molecule has 64 valence electrons. The second-order valence-corrected chi connectivity index (χ2v) is 3.64. The predicted molar refractivity (Wildman–Crippen MR) is 56.0 cm³/mol. The lowest BCUT2D eigenvalue weighted by Gasteiger charge is -2.09. The molecule has 0 aliphatic carbocycles. The zero-order valence-electron chi connectivity index (χ0n) is 7.05. The van der Waals surface area contributed by atoms with Gasteiger partial charge in [-0.25, -0.2) is 0 Å². The van der Waals surface area contributed by atoms with Gasteiger partial charge in [0.2, 0.25) is 0 Å². The average Bonchev–Trinajstić information content (AvgIpc) is 2.03. The highest BCUT2D eigenvalue weighted by Crippen LogP contribution is 2.23. The summed E-state index contributed by atoms with van der Waals surface area (Å²) in [7, 11) is 0. The zero-order chi connectivity index (χ0) is 9.14. The van der Waals surface area contributed by atoms with Crippen LogP contribution in [0.25, 0.3) is 0 Å². The SMILES string of the molecule is C=C[C@@H](N)c1ccc(C)cc1Br. The second kappa shape index (κ2) is 3.87. The highest BCUT2D eigenvalue weighted by atomic mass is 79.9. The Hall–Kier alpha value is -0.600. The molecule has 2 heteroatoms. The van der Waals surface area contributed by atoms with E-state index in [1.54, 1.807) is 6.08 Å². The molecule has 0 saturated heterocycles. The van der Waals surface area contributed by atoms with Crippen molar-refractivity contribution in [2.45, 2.75) is 13.0 Å². The molecular formula is C10H12BrN. The topological polar surface area (TPSA) is 26.0 Å². The number of nitrogens with two attached hydrogens (primary N) is 1. The van der Waals surface area contributed by atoms with Gasteiger partial charge >= 0.3 is 0 Å². The summed E-state index contributed by atoms with van der Waals surface area (Å²) in [6.07, 6.45) is 1.73. The zero-order valence-corrected chi connectivity index (χ0v) is 8.64. The molecule has 0 aliphatic rings. The number of rotatable bonds is 2. The minimum Gasteiger partial charge on any atom is -0.321 e. The first-order valence-electron chi connectivity index (χ1n) is 3.79. The van der Waals surface area contributed by atoms with Gasteiger partial charge in [0.1, 0.15) is 0 Å². The maximum Gasteiger partial charge on any atom is 0.0489 e. The highest BCUT2D eigenvalue weighted by Gasteiger charge is 2.04. The van der Waals surface area contributed by atoms with E-state index >= 15 is 0 Å². The molecule has 0 fully saturated rings. The largest absolute Gasteiger partial charge is 0.321 e. The molecular weight excluding hydrogens is 214 g/mol. The average molecular weight is 226 g/mol. The lowest BCUT2D eigenvalue weighted by molar-refractivity contribution is 0.907. The van der Waals surface area contributed by atoms with E-state index in [1.807, 2.05) is 19.1 Å². The van der Waals surface area contributed by atoms with Crippen LogP contribution in [0.5, 0.6) is 0 Å². The van der Waals surface area contributed by atoms with Crippen LogP contribution >= 0.6 is 15.9 Å². The molecule has 0 saturated carbocycles. The number of hydrogen-bond donors (Lipinski definition) is 1. The lowest BCUT2D eigenvalue weighted by atomic mass is 10.1. The van der Waals surface area contributed by atoms with Crippen LogP contribution in [0.15, 0.2) is 35.3 Å². The molecule has 0 unspecified atom stereocenters. The van der Waals surface area contributed by atoms with Crippen molar-refractivity contribution in [3.05, 3.63) is 46.5 Å². The Morgan fingerprint density at radius 3 is 2.75 bits per heavy atom. The highest BCUT2D eigenvalue weighted by molar-refractivity contribution is 9.10. The minimum atomic E-state index is -0.0834. The molecule has 1 aromatic carbocycles. The van der Waals surface area contributed by atoms with E-state index < -0.39 is 0 Å². The molecule has 0 bridgehead atoms. The van der Waals surface area contributed by atoms with Crippen LogP contribution in [0.2, 0.25) is 0 Å². The van der Waals surface area contributed by atoms with Gasteiger partial charge in [-0.2, -0.15) is 0 Å². The van der Waals surface area contributed by atoms with Gasteiger partial charge in [-0.3, -0.25) is 0 Å². The molecule has 0 aromatic heterocycles. The molecule has 2 N–H and O–H groups in total. The van der Waals surface area contributed by atoms with Crippen molar-refractivity contribution in [1.29, 1.82) is 0 Å². The van der Waals surface area contributed by atoms with Gasteiger partial charge < -0.3 is 5.73 Å². The first-order chi connectivity index (χ1) is 5.65. The summed E-state index contributed by atoms with van der Waals surface area (Å²) >= 11 is 3.46. The third-order valence-corrected chi connectivity index (χ3v) is 2.46. The summed E-state index contributed by atoms with van der Waals surface area (Å²) < 4.78 is 1.05. The van der Waals surface area contributed by atoms with Gasteiger partial charge in [0.15, 0.2) is 0 Å². The van der Waals surface area contributed by atoms with Crippen molar-refractivity contribution in [3.63, 3.8) is 0 Å². The van der Waals surface area contributed by atoms with Gasteiger partial charge in [0.05, 0.1) is 0 Å². The summed E-state index contributed by atoms with van der Waals surface area (Å²) in [5, 5.41) is 0. The van der Waals surface area contributed by atoms with Gasteiger partial charge in [-0.1, -0.05) is 34.1 Å². The van der Waals surface area contributed by atoms with Crippen LogP contribution in [0.1, 0.15) is 17.2 Å². The van der Waals surface area contributed by atoms with E-state index in [4.69, 9.17) is 5.73 Å². The summed E-state index contributed by atoms with van der Waals surface area (Å²) in [4.78, 5) is 0. The quantitative estimate of drug-likeness (QED) is 0.771. The molecule has 1 rings (SSSR count). The second-order valence-electron chi connectivity index (χ2n) is 2.79. The van der Waals surface area contributed by atoms with Crippen molar-refractivity contribution in [3.8, 4) is 0 Å². The van der Waals surface area contributed by atoms with Crippen molar-refractivity contribution in [2.24, 2.45) is 5.73 Å². The maximum absolute atomic E-state index is 5.80. The smallest absolute Gasteiger partial charge is 0.0489 e.